The molecule has 0 aromatic heterocycles. The topological polar surface area (TPSA) is 587 Å². The molecule has 3 fully saturated rings. The third-order valence-corrected chi connectivity index (χ3v) is 16.6. The number of amides is 4. The zero-order chi connectivity index (χ0) is 69.2. The average molecular weight is 1340 g/mol. The van der Waals surface area contributed by atoms with Gasteiger partial charge in [-0.2, -0.15) is 0 Å². The number of nitrogens with two attached hydrogens (primary N) is 3. The van der Waals surface area contributed by atoms with Gasteiger partial charge in [-0.25, -0.2) is 4.39 Å². The number of esters is 1. The Morgan fingerprint density at radius 2 is 1.32 bits per heavy atom. The van der Waals surface area contributed by atoms with Gasteiger partial charge in [-0.1, -0.05) is 57.2 Å². The van der Waals surface area contributed by atoms with Gasteiger partial charge in [0, 0.05) is 18.8 Å². The van der Waals surface area contributed by atoms with Gasteiger partial charge < -0.3 is 148 Å². The zero-order valence-electron chi connectivity index (χ0n) is 51.0. The summed E-state index contributed by atoms with van der Waals surface area (Å²) in [4.78, 5) is 91.7. The Morgan fingerprint density at radius 1 is 0.713 bits per heavy atom. The molecule has 0 radical (unpaired) electrons. The molecule has 0 spiro atoms. The lowest BCUT2D eigenvalue weighted by molar-refractivity contribution is -0.353. The van der Waals surface area contributed by atoms with E-state index < -0.39 is 239 Å². The van der Waals surface area contributed by atoms with Crippen molar-refractivity contribution in [2.45, 2.75) is 186 Å². The smallest absolute Gasteiger partial charge is 0.306 e. The monoisotopic (exact) mass is 1340 g/mol. The number of nitrogens with one attached hydrogen (secondary N) is 5. The van der Waals surface area contributed by atoms with Crippen molar-refractivity contribution in [3.63, 3.8) is 0 Å². The van der Waals surface area contributed by atoms with Crippen LogP contribution in [0, 0.1) is 11.7 Å². The molecular weight excluding hydrogens is 1260 g/mol. The Balaban J connectivity index is 1.16. The van der Waals surface area contributed by atoms with Crippen LogP contribution in [0.5, 0.6) is 5.75 Å². The first-order valence-electron chi connectivity index (χ1n) is 30.0. The molecule has 5 heterocycles. The maximum atomic E-state index is 16.4. The van der Waals surface area contributed by atoms with Crippen molar-refractivity contribution >= 4 is 47.8 Å². The van der Waals surface area contributed by atoms with Crippen molar-refractivity contribution in [1.82, 2.24) is 31.5 Å². The first-order valence-corrected chi connectivity index (χ1v) is 30.0. The molecule has 2 aromatic carbocycles. The number of aldehydes is 1. The molecule has 36 nitrogen and oxygen atoms in total. The van der Waals surface area contributed by atoms with Crippen molar-refractivity contribution in [3.8, 4) is 5.75 Å². The summed E-state index contributed by atoms with van der Waals surface area (Å²) in [5, 5.41) is 153. The summed E-state index contributed by atoms with van der Waals surface area (Å²) in [6.07, 6.45) is -32.8. The molecule has 4 amide bonds. The lowest BCUT2D eigenvalue weighted by atomic mass is 9.93. The maximum Gasteiger partial charge on any atom is 0.306 e. The minimum absolute atomic E-state index is 0.106. The summed E-state index contributed by atoms with van der Waals surface area (Å²) >= 11 is 0. The summed E-state index contributed by atoms with van der Waals surface area (Å²) < 4.78 is 50.3. The molecule has 25 atom stereocenters. The molecule has 20 unspecified atom stereocenters. The molecule has 7 rings (SSSR count). The van der Waals surface area contributed by atoms with Crippen molar-refractivity contribution in [2.24, 2.45) is 33.1 Å². The van der Waals surface area contributed by atoms with Crippen molar-refractivity contribution < 1.29 is 128 Å². The predicted octanol–water partition coefficient (Wildman–Crippen LogP) is -11.0. The van der Waals surface area contributed by atoms with E-state index in [1.165, 1.54) is 6.07 Å². The number of aliphatic hydroxyl groups is 13. The second-order valence-corrected chi connectivity index (χ2v) is 23.7. The van der Waals surface area contributed by atoms with Gasteiger partial charge in [0.05, 0.1) is 57.6 Å². The van der Waals surface area contributed by atoms with Crippen molar-refractivity contribution in [1.29, 1.82) is 0 Å². The average Bonchev–Trinajstić information content (AvgIpc) is 1.39. The van der Waals surface area contributed by atoms with Crippen LogP contribution in [-0.4, -0.2) is 305 Å². The summed E-state index contributed by atoms with van der Waals surface area (Å²) in [5.41, 5.74) is 19.0. The van der Waals surface area contributed by atoms with E-state index in [1.807, 2.05) is 0 Å². The van der Waals surface area contributed by atoms with Crippen LogP contribution in [0.25, 0.3) is 0 Å². The summed E-state index contributed by atoms with van der Waals surface area (Å²) in [6, 6.07) is -1.05. The van der Waals surface area contributed by atoms with Crippen molar-refractivity contribution in [3.05, 3.63) is 65.5 Å². The number of benzene rings is 2. The molecule has 94 heavy (non-hydrogen) atoms. The van der Waals surface area contributed by atoms with Gasteiger partial charge in [0.1, 0.15) is 110 Å². The second-order valence-electron chi connectivity index (χ2n) is 23.7. The maximum absolute atomic E-state index is 16.4. The molecule has 5 aliphatic heterocycles. The Morgan fingerprint density at radius 3 is 1.93 bits per heavy atom. The van der Waals surface area contributed by atoms with E-state index >= 15 is 4.39 Å². The highest BCUT2D eigenvalue weighted by Gasteiger charge is 2.55. The van der Waals surface area contributed by atoms with Gasteiger partial charge in [0.2, 0.25) is 29.9 Å². The summed E-state index contributed by atoms with van der Waals surface area (Å²) in [5.74, 6) is -9.58. The highest BCUT2D eigenvalue weighted by Crippen LogP contribution is 2.34. The van der Waals surface area contributed by atoms with Crippen LogP contribution in [-0.2, 0) is 58.9 Å². The van der Waals surface area contributed by atoms with Crippen LogP contribution in [0.3, 0.4) is 0 Å². The molecule has 5 aliphatic rings. The van der Waals surface area contributed by atoms with E-state index in [-0.39, 0.29) is 36.7 Å². The van der Waals surface area contributed by atoms with Gasteiger partial charge in [0.25, 0.3) is 0 Å². The summed E-state index contributed by atoms with van der Waals surface area (Å²) in [6.45, 7) is 0.357. The molecular formula is C57H84FN11O25. The molecule has 0 bridgehead atoms. The van der Waals surface area contributed by atoms with Gasteiger partial charge in [-0.3, -0.25) is 34.0 Å². The van der Waals surface area contributed by atoms with Gasteiger partial charge in [0.15, 0.2) is 42.1 Å². The minimum Gasteiger partial charge on any atom is -0.459 e. The van der Waals surface area contributed by atoms with E-state index in [4.69, 9.17) is 45.6 Å². The quantitative estimate of drug-likeness (QED) is 0.0266. The van der Waals surface area contributed by atoms with E-state index in [2.05, 4.69) is 36.6 Å². The Labute approximate surface area is 535 Å². The lowest BCUT2D eigenvalue weighted by Gasteiger charge is -2.46. The predicted molar refractivity (Wildman–Crippen MR) is 315 cm³/mol. The normalized spacial score (nSPS) is 32.0. The van der Waals surface area contributed by atoms with Crippen LogP contribution in [0.2, 0.25) is 0 Å². The largest absolute Gasteiger partial charge is 0.459 e. The minimum atomic E-state index is -2.31. The number of guanidine groups is 2. The molecule has 24 N–H and O–H groups in total. The molecule has 0 aliphatic carbocycles. The fraction of sp³-hybridized carbons (Fsp3) is 0.649. The lowest BCUT2D eigenvalue weighted by Crippen LogP contribution is -2.70. The first-order chi connectivity index (χ1) is 44.6. The Kier molecular flexibility index (Phi) is 26.2. The van der Waals surface area contributed by atoms with Gasteiger partial charge >= 0.3 is 5.97 Å². The van der Waals surface area contributed by atoms with E-state index in [1.54, 1.807) is 51.1 Å². The fourth-order valence-corrected chi connectivity index (χ4v) is 11.2. The second kappa shape index (κ2) is 33.1. The number of carbonyl (C=O) groups excluding carboxylic acids is 6. The highest BCUT2D eigenvalue weighted by atomic mass is 19.1. The number of nitrogens with zero attached hydrogens (tertiary/aromatic N) is 3. The van der Waals surface area contributed by atoms with E-state index in [0.717, 1.165) is 17.0 Å². The third kappa shape index (κ3) is 17.3. The number of hydrogen-bond acceptors (Lipinski definition) is 32. The zero-order valence-corrected chi connectivity index (χ0v) is 51.0. The first kappa shape index (κ1) is 74.4. The van der Waals surface area contributed by atoms with Crippen LogP contribution in [0.15, 0.2) is 58.5 Å². The van der Waals surface area contributed by atoms with Gasteiger partial charge in [-0.05, 0) is 29.2 Å². The number of ether oxygens (including phenoxy) is 6. The highest BCUT2D eigenvalue weighted by molar-refractivity contribution is 5.96. The van der Waals surface area contributed by atoms with Crippen LogP contribution in [0.4, 0.5) is 4.39 Å². The number of carbonyl (C=O) groups is 6. The Bertz CT molecular complexity index is 2960. The SMILES string of the molecule is CC(C)CC(=O)OC1C(OC2C(CO)OC(Oc3ccc(C[C@H](NC(=O)[C@@H](N)C(C)c4ccccc4)C(=O)N[C@H](C(=O)N[C@H](C(=O)N[C@H](C=O)CO)C(O)C4CN=C(N)N4C4OC(CO)C(O)C(O)C4O)C(O)C4CN=C(N)N4)cc3F)C(O)C2O)OC(CO)C(O)C1O. The molecule has 524 valence electrons. The fourth-order valence-electron chi connectivity index (χ4n) is 11.2. The number of aliphatic imine (C=N–C) groups is 2. The molecule has 3 saturated heterocycles. The number of hydrogen-bond donors (Lipinski definition) is 21. The van der Waals surface area contributed by atoms with Gasteiger partial charge in [-0.15, -0.1) is 0 Å². The van der Waals surface area contributed by atoms with Crippen LogP contribution in [0.1, 0.15) is 44.2 Å². The van der Waals surface area contributed by atoms with E-state index in [9.17, 15) is 95.2 Å². The van der Waals surface area contributed by atoms with E-state index in [0.29, 0.717) is 5.56 Å². The van der Waals surface area contributed by atoms with Crippen LogP contribution >= 0.6 is 0 Å². The standard InChI is InChI=1S/C57H84FN11O25/c1-21(2)11-34(75)93-48-43(81)41(79)32(19-73)91-55(48)94-47-33(20-74)92-54(46(84)44(47)82)90-30-10-9-23(12-26(30)58)13-27(65-50(86)35(59)22(3)24-7-5-4-6-8-24)49(85)67-36(38(76)28-14-62-56(60)66-28)52(88)68-37(51(87)64-25(16-70)17-71)39(77)29-15-63-57(61)69(29)53-45(83)42(80)40(78)31(18-72)89-53/h4-10,12,16,21-22,25,27-29,31-33,35-48,53-55,71-74,76-84H,11,13-15,17-20,59H2,1-3H3,(H2,61,63)(H,64,87)(H,65,86)(H,67,85)(H,68,88)(H3,60,62,66)/t22?,25-,27+,28?,29?,31?,32?,33?,35+,36+,37+,38?,39?,40?,41?,42?,43?,44?,45?,46?,47?,48?,53?,54?,55?/m1/s1. The Hall–Kier alpha value is -6.99. The van der Waals surface area contributed by atoms with Crippen molar-refractivity contribution in [2.75, 3.05) is 39.5 Å². The molecule has 2 aromatic rings. The number of halogens is 1. The third-order valence-electron chi connectivity index (χ3n) is 16.6. The number of rotatable bonds is 29. The van der Waals surface area contributed by atoms with Crippen LogP contribution < -0.4 is 48.5 Å². The molecule has 37 heteroatoms. The summed E-state index contributed by atoms with van der Waals surface area (Å²) in [7, 11) is 0. The number of aliphatic hydroxyl groups excluding tert-OH is 13. The molecule has 0 saturated carbocycles.